The van der Waals surface area contributed by atoms with Gasteiger partial charge in [0.15, 0.2) is 0 Å². The van der Waals surface area contributed by atoms with Gasteiger partial charge in [-0.15, -0.1) is 23.2 Å². The van der Waals surface area contributed by atoms with Crippen LogP contribution in [0, 0.1) is 0 Å². The lowest BCUT2D eigenvalue weighted by atomic mass is 10.0. The first-order chi connectivity index (χ1) is 6.13. The molecule has 70 valence electrons. The Hall–Kier alpha value is -0.240. The Morgan fingerprint density at radius 2 is 1.69 bits per heavy atom. The molecule has 0 bridgehead atoms. The van der Waals surface area contributed by atoms with Crippen LogP contribution >= 0.6 is 34.8 Å². The summed E-state index contributed by atoms with van der Waals surface area (Å²) in [6.45, 7) is 0. The maximum absolute atomic E-state index is 11.0. The predicted molar refractivity (Wildman–Crippen MR) is 55.5 cm³/mol. The molecule has 0 N–H and O–H groups in total. The quantitative estimate of drug-likeness (QED) is 0.582. The van der Waals surface area contributed by atoms with Gasteiger partial charge in [0.2, 0.25) is 5.24 Å². The smallest absolute Gasteiger partial charge is 0.231 e. The fourth-order valence-electron chi connectivity index (χ4n) is 1.04. The van der Waals surface area contributed by atoms with E-state index in [-0.39, 0.29) is 0 Å². The van der Waals surface area contributed by atoms with Gasteiger partial charge in [0.1, 0.15) is 4.84 Å². The largest absolute Gasteiger partial charge is 0.281 e. The van der Waals surface area contributed by atoms with Gasteiger partial charge in [-0.05, 0) is 17.2 Å². The van der Waals surface area contributed by atoms with Crippen molar-refractivity contribution in [3.8, 4) is 0 Å². The van der Waals surface area contributed by atoms with Crippen LogP contribution in [0.1, 0.15) is 11.5 Å². The van der Waals surface area contributed by atoms with Crippen molar-refractivity contribution in [3.05, 3.63) is 35.9 Å². The van der Waals surface area contributed by atoms with Crippen molar-refractivity contribution in [2.75, 3.05) is 0 Å². The van der Waals surface area contributed by atoms with Gasteiger partial charge in [0.25, 0.3) is 0 Å². The van der Waals surface area contributed by atoms with E-state index in [0.717, 1.165) is 5.56 Å². The summed E-state index contributed by atoms with van der Waals surface area (Å²) >= 11 is 16.6. The summed E-state index contributed by atoms with van der Waals surface area (Å²) in [4.78, 5) is 10.2. The summed E-state index contributed by atoms with van der Waals surface area (Å²) in [6, 6.07) is 8.98. The normalized spacial score (nSPS) is 12.9. The van der Waals surface area contributed by atoms with Crippen LogP contribution in [0.15, 0.2) is 30.3 Å². The van der Waals surface area contributed by atoms with Gasteiger partial charge >= 0.3 is 0 Å². The molecule has 1 nitrogen and oxygen atoms in total. The van der Waals surface area contributed by atoms with Crippen LogP contribution in [0.3, 0.4) is 0 Å². The summed E-state index contributed by atoms with van der Waals surface area (Å²) in [6.07, 6.45) is 0. The van der Waals surface area contributed by atoms with Crippen molar-refractivity contribution < 1.29 is 4.79 Å². The summed E-state index contributed by atoms with van der Waals surface area (Å²) in [5, 5.41) is -0.541. The molecule has 1 atom stereocenters. The first-order valence-electron chi connectivity index (χ1n) is 3.65. The van der Waals surface area contributed by atoms with Gasteiger partial charge in [-0.3, -0.25) is 4.79 Å². The van der Waals surface area contributed by atoms with E-state index in [1.807, 2.05) is 6.07 Å². The molecule has 0 aliphatic carbocycles. The van der Waals surface area contributed by atoms with Crippen molar-refractivity contribution in [1.29, 1.82) is 0 Å². The van der Waals surface area contributed by atoms with E-state index in [4.69, 9.17) is 34.8 Å². The molecule has 0 aliphatic rings. The second-order valence-electron chi connectivity index (χ2n) is 2.53. The van der Waals surface area contributed by atoms with Gasteiger partial charge in [0, 0.05) is 0 Å². The number of halogens is 3. The van der Waals surface area contributed by atoms with E-state index < -0.39 is 16.0 Å². The SMILES string of the molecule is O=C(Cl)C(c1ccccc1)C(Cl)Cl. The number of carbonyl (C=O) groups excluding carboxylic acids is 1. The lowest BCUT2D eigenvalue weighted by molar-refractivity contribution is -0.112. The fraction of sp³-hybridized carbons (Fsp3) is 0.222. The maximum Gasteiger partial charge on any atom is 0.231 e. The third-order valence-corrected chi connectivity index (χ3v) is 2.39. The lowest BCUT2D eigenvalue weighted by Gasteiger charge is -2.12. The summed E-state index contributed by atoms with van der Waals surface area (Å²) in [5.74, 6) is -0.647. The van der Waals surface area contributed by atoms with E-state index in [2.05, 4.69) is 0 Å². The Balaban J connectivity index is 2.96. The number of benzene rings is 1. The number of carbonyl (C=O) groups is 1. The Kier molecular flexibility index (Phi) is 4.04. The molecule has 1 rings (SSSR count). The summed E-state index contributed by atoms with van der Waals surface area (Å²) < 4.78 is 0. The predicted octanol–water partition coefficient (Wildman–Crippen LogP) is 3.34. The first kappa shape index (κ1) is 10.8. The fourth-order valence-corrected chi connectivity index (χ4v) is 1.94. The van der Waals surface area contributed by atoms with Gasteiger partial charge in [-0.2, -0.15) is 0 Å². The number of hydrogen-bond donors (Lipinski definition) is 0. The minimum absolute atomic E-state index is 0.541. The second kappa shape index (κ2) is 4.85. The molecular formula is C9H7Cl3O. The third kappa shape index (κ3) is 2.87. The third-order valence-electron chi connectivity index (χ3n) is 1.66. The minimum Gasteiger partial charge on any atom is -0.281 e. The molecule has 0 amide bonds. The molecule has 13 heavy (non-hydrogen) atoms. The van der Waals surface area contributed by atoms with E-state index in [0.29, 0.717) is 0 Å². The number of rotatable bonds is 3. The van der Waals surface area contributed by atoms with E-state index >= 15 is 0 Å². The Bertz CT molecular complexity index is 284. The van der Waals surface area contributed by atoms with Crippen LogP contribution in [-0.2, 0) is 4.79 Å². The Morgan fingerprint density at radius 1 is 1.15 bits per heavy atom. The average molecular weight is 238 g/mol. The zero-order valence-electron chi connectivity index (χ0n) is 6.58. The van der Waals surface area contributed by atoms with Gasteiger partial charge in [-0.1, -0.05) is 30.3 Å². The molecule has 0 aliphatic heterocycles. The Labute approximate surface area is 91.6 Å². The molecule has 1 aromatic carbocycles. The van der Waals surface area contributed by atoms with Crippen LogP contribution in [0.5, 0.6) is 0 Å². The van der Waals surface area contributed by atoms with Crippen molar-refractivity contribution in [2.24, 2.45) is 0 Å². The molecule has 0 radical (unpaired) electrons. The van der Waals surface area contributed by atoms with Crippen LogP contribution < -0.4 is 0 Å². The number of alkyl halides is 2. The Morgan fingerprint density at radius 3 is 2.08 bits per heavy atom. The zero-order valence-corrected chi connectivity index (χ0v) is 8.85. The van der Waals surface area contributed by atoms with Crippen molar-refractivity contribution in [3.63, 3.8) is 0 Å². The second-order valence-corrected chi connectivity index (χ2v) is 4.06. The molecule has 0 fully saturated rings. The highest BCUT2D eigenvalue weighted by atomic mass is 35.5. The molecular weight excluding hydrogens is 230 g/mol. The van der Waals surface area contributed by atoms with Crippen molar-refractivity contribution in [1.82, 2.24) is 0 Å². The minimum atomic E-state index is -0.813. The molecule has 0 spiro atoms. The molecule has 1 aromatic rings. The molecule has 0 saturated heterocycles. The van der Waals surface area contributed by atoms with Crippen LogP contribution in [0.25, 0.3) is 0 Å². The highest BCUT2D eigenvalue weighted by molar-refractivity contribution is 6.66. The zero-order chi connectivity index (χ0) is 9.84. The highest BCUT2D eigenvalue weighted by Crippen LogP contribution is 2.28. The van der Waals surface area contributed by atoms with Crippen LogP contribution in [-0.4, -0.2) is 10.1 Å². The average Bonchev–Trinajstić information content (AvgIpc) is 2.04. The molecule has 0 heterocycles. The highest BCUT2D eigenvalue weighted by Gasteiger charge is 2.25. The molecule has 0 saturated carbocycles. The summed E-state index contributed by atoms with van der Waals surface area (Å²) in [5.41, 5.74) is 0.734. The van der Waals surface area contributed by atoms with E-state index in [1.165, 1.54) is 0 Å². The molecule has 0 aromatic heterocycles. The lowest BCUT2D eigenvalue weighted by Crippen LogP contribution is -2.13. The van der Waals surface area contributed by atoms with E-state index in [1.54, 1.807) is 24.3 Å². The van der Waals surface area contributed by atoms with Crippen LogP contribution in [0.2, 0.25) is 0 Å². The van der Waals surface area contributed by atoms with E-state index in [9.17, 15) is 4.79 Å². The van der Waals surface area contributed by atoms with Gasteiger partial charge in [0.05, 0.1) is 5.92 Å². The maximum atomic E-state index is 11.0. The van der Waals surface area contributed by atoms with Crippen molar-refractivity contribution in [2.45, 2.75) is 10.8 Å². The van der Waals surface area contributed by atoms with Gasteiger partial charge < -0.3 is 0 Å². The van der Waals surface area contributed by atoms with Crippen molar-refractivity contribution >= 4 is 40.0 Å². The first-order valence-corrected chi connectivity index (χ1v) is 4.90. The monoisotopic (exact) mass is 236 g/mol. The molecule has 1 unspecified atom stereocenters. The topological polar surface area (TPSA) is 17.1 Å². The van der Waals surface area contributed by atoms with Crippen LogP contribution in [0.4, 0.5) is 0 Å². The van der Waals surface area contributed by atoms with Gasteiger partial charge in [-0.25, -0.2) is 0 Å². The molecule has 4 heteroatoms. The standard InChI is InChI=1S/C9H7Cl3O/c10-8(11)7(9(12)13)6-4-2-1-3-5-6/h1-5,7-8H. The summed E-state index contributed by atoms with van der Waals surface area (Å²) in [7, 11) is 0. The number of hydrogen-bond acceptors (Lipinski definition) is 1.